The molecule has 1 atom stereocenters. The van der Waals surface area contributed by atoms with E-state index >= 15 is 0 Å². The summed E-state index contributed by atoms with van der Waals surface area (Å²) in [5.41, 5.74) is 2.95. The predicted octanol–water partition coefficient (Wildman–Crippen LogP) is 2.32. The number of hydrogen-bond acceptors (Lipinski definition) is 3. The molecule has 88 valence electrons. The van der Waals surface area contributed by atoms with Crippen molar-refractivity contribution < 1.29 is 5.11 Å². The summed E-state index contributed by atoms with van der Waals surface area (Å²) in [7, 11) is 0. The molecule has 1 N–H and O–H groups in total. The van der Waals surface area contributed by atoms with Gasteiger partial charge in [-0.05, 0) is 35.7 Å². The van der Waals surface area contributed by atoms with Crippen molar-refractivity contribution in [3.8, 4) is 0 Å². The van der Waals surface area contributed by atoms with Crippen molar-refractivity contribution in [1.82, 2.24) is 9.97 Å². The van der Waals surface area contributed by atoms with E-state index in [0.29, 0.717) is 6.42 Å². The van der Waals surface area contributed by atoms with Gasteiger partial charge in [0, 0.05) is 30.7 Å². The highest BCUT2D eigenvalue weighted by atomic mass is 16.3. The maximum Gasteiger partial charge on any atom is 0.0849 e. The molecule has 0 aromatic carbocycles. The van der Waals surface area contributed by atoms with Gasteiger partial charge in [-0.25, -0.2) is 0 Å². The molecule has 0 aliphatic rings. The lowest BCUT2D eigenvalue weighted by Crippen LogP contribution is -2.06. The second-order valence-electron chi connectivity index (χ2n) is 3.97. The summed E-state index contributed by atoms with van der Waals surface area (Å²) >= 11 is 0. The van der Waals surface area contributed by atoms with Crippen molar-refractivity contribution in [2.45, 2.75) is 25.9 Å². The first kappa shape index (κ1) is 11.7. The van der Waals surface area contributed by atoms with E-state index in [9.17, 15) is 5.11 Å². The number of aromatic nitrogens is 2. The second-order valence-corrected chi connectivity index (χ2v) is 3.97. The van der Waals surface area contributed by atoms with E-state index in [4.69, 9.17) is 0 Å². The monoisotopic (exact) mass is 228 g/mol. The Morgan fingerprint density at radius 2 is 2.12 bits per heavy atom. The normalized spacial score (nSPS) is 12.4. The lowest BCUT2D eigenvalue weighted by atomic mass is 9.99. The first-order chi connectivity index (χ1) is 8.31. The Balaban J connectivity index is 2.17. The highest BCUT2D eigenvalue weighted by Crippen LogP contribution is 2.20. The molecule has 1 unspecified atom stereocenters. The predicted molar refractivity (Wildman–Crippen MR) is 66.5 cm³/mol. The molecule has 0 spiro atoms. The minimum atomic E-state index is -0.511. The van der Waals surface area contributed by atoms with Crippen molar-refractivity contribution in [3.63, 3.8) is 0 Å². The van der Waals surface area contributed by atoms with E-state index in [1.165, 1.54) is 0 Å². The fraction of sp³-hybridized carbons (Fsp3) is 0.286. The zero-order valence-electron chi connectivity index (χ0n) is 9.87. The molecular weight excluding hydrogens is 212 g/mol. The molecule has 0 bridgehead atoms. The zero-order chi connectivity index (χ0) is 12.1. The van der Waals surface area contributed by atoms with Gasteiger partial charge in [0.05, 0.1) is 6.10 Å². The topological polar surface area (TPSA) is 46.0 Å². The number of aliphatic hydroxyl groups is 1. The van der Waals surface area contributed by atoms with Crippen molar-refractivity contribution in [3.05, 3.63) is 59.7 Å². The molecule has 0 radical (unpaired) electrons. The van der Waals surface area contributed by atoms with E-state index in [-0.39, 0.29) is 0 Å². The average Bonchev–Trinajstić information content (AvgIpc) is 2.40. The highest BCUT2D eigenvalue weighted by molar-refractivity contribution is 5.26. The van der Waals surface area contributed by atoms with Gasteiger partial charge in [-0.15, -0.1) is 0 Å². The maximum atomic E-state index is 10.2. The number of aliphatic hydroxyl groups excluding tert-OH is 1. The fourth-order valence-electron chi connectivity index (χ4n) is 1.89. The highest BCUT2D eigenvalue weighted by Gasteiger charge is 2.12. The van der Waals surface area contributed by atoms with E-state index in [1.807, 2.05) is 30.5 Å². The van der Waals surface area contributed by atoms with Crippen LogP contribution in [0, 0.1) is 0 Å². The Hall–Kier alpha value is -1.74. The summed E-state index contributed by atoms with van der Waals surface area (Å²) in [5, 5.41) is 10.2. The second kappa shape index (κ2) is 5.55. The van der Waals surface area contributed by atoms with Gasteiger partial charge in [-0.1, -0.05) is 13.0 Å². The van der Waals surface area contributed by atoms with Crippen LogP contribution in [0.4, 0.5) is 0 Å². The molecule has 3 heteroatoms. The van der Waals surface area contributed by atoms with Gasteiger partial charge in [0.2, 0.25) is 0 Å². The van der Waals surface area contributed by atoms with Crippen molar-refractivity contribution >= 4 is 0 Å². The molecule has 0 saturated carbocycles. The third-order valence-electron chi connectivity index (χ3n) is 2.81. The molecule has 3 nitrogen and oxygen atoms in total. The van der Waals surface area contributed by atoms with Crippen LogP contribution in [0.25, 0.3) is 0 Å². The standard InChI is InChI=1S/C14H16N2O/c1-2-11-10-15-8-6-13(11)14(17)9-12-5-3-4-7-16-12/h3-8,10,14,17H,2,9H2,1H3. The molecule has 0 amide bonds. The molecule has 0 aliphatic heterocycles. The van der Waals surface area contributed by atoms with Crippen LogP contribution >= 0.6 is 0 Å². The zero-order valence-corrected chi connectivity index (χ0v) is 9.87. The molecule has 2 aromatic heterocycles. The van der Waals surface area contributed by atoms with Crippen LogP contribution in [0.15, 0.2) is 42.9 Å². The molecule has 2 heterocycles. The molecule has 0 aliphatic carbocycles. The van der Waals surface area contributed by atoms with Crippen molar-refractivity contribution in [2.75, 3.05) is 0 Å². The van der Waals surface area contributed by atoms with Crippen LogP contribution < -0.4 is 0 Å². The summed E-state index contributed by atoms with van der Waals surface area (Å²) in [6.07, 6.45) is 6.19. The van der Waals surface area contributed by atoms with Crippen molar-refractivity contribution in [1.29, 1.82) is 0 Å². The first-order valence-corrected chi connectivity index (χ1v) is 5.82. The van der Waals surface area contributed by atoms with Crippen LogP contribution in [0.1, 0.15) is 29.8 Å². The van der Waals surface area contributed by atoms with Gasteiger partial charge in [-0.2, -0.15) is 0 Å². The van der Waals surface area contributed by atoms with Crippen LogP contribution in [0.5, 0.6) is 0 Å². The lowest BCUT2D eigenvalue weighted by molar-refractivity contribution is 0.176. The third-order valence-corrected chi connectivity index (χ3v) is 2.81. The summed E-state index contributed by atoms with van der Waals surface area (Å²) in [6.45, 7) is 2.06. The van der Waals surface area contributed by atoms with Gasteiger partial charge < -0.3 is 5.11 Å². The van der Waals surface area contributed by atoms with Gasteiger partial charge in [0.25, 0.3) is 0 Å². The Morgan fingerprint density at radius 3 is 2.82 bits per heavy atom. The Morgan fingerprint density at radius 1 is 1.24 bits per heavy atom. The average molecular weight is 228 g/mol. The summed E-state index contributed by atoms with van der Waals surface area (Å²) in [5.74, 6) is 0. The van der Waals surface area contributed by atoms with E-state index < -0.39 is 6.10 Å². The summed E-state index contributed by atoms with van der Waals surface area (Å²) < 4.78 is 0. The third kappa shape index (κ3) is 2.88. The molecule has 2 aromatic rings. The molecule has 17 heavy (non-hydrogen) atoms. The SMILES string of the molecule is CCc1cnccc1C(O)Cc1ccccn1. The van der Waals surface area contributed by atoms with E-state index in [1.54, 1.807) is 12.4 Å². The maximum absolute atomic E-state index is 10.2. The minimum absolute atomic E-state index is 0.511. The number of hydrogen-bond donors (Lipinski definition) is 1. The van der Waals surface area contributed by atoms with Crippen molar-refractivity contribution in [2.24, 2.45) is 0 Å². The number of rotatable bonds is 4. The molecule has 0 saturated heterocycles. The van der Waals surface area contributed by atoms with E-state index in [0.717, 1.165) is 23.2 Å². The summed E-state index contributed by atoms with van der Waals surface area (Å²) in [6, 6.07) is 7.62. The molecular formula is C14H16N2O. The molecule has 0 fully saturated rings. The quantitative estimate of drug-likeness (QED) is 0.873. The van der Waals surface area contributed by atoms with Crippen LogP contribution in [-0.4, -0.2) is 15.1 Å². The largest absolute Gasteiger partial charge is 0.388 e. The van der Waals surface area contributed by atoms with Gasteiger partial charge in [0.15, 0.2) is 0 Å². The lowest BCUT2D eigenvalue weighted by Gasteiger charge is -2.13. The Kier molecular flexibility index (Phi) is 3.83. The number of nitrogens with zero attached hydrogens (tertiary/aromatic N) is 2. The smallest absolute Gasteiger partial charge is 0.0849 e. The van der Waals surface area contributed by atoms with Crippen LogP contribution in [-0.2, 0) is 12.8 Å². The Labute approximate surface area is 101 Å². The minimum Gasteiger partial charge on any atom is -0.388 e. The molecule has 2 rings (SSSR count). The Bertz CT molecular complexity index is 471. The number of pyridine rings is 2. The van der Waals surface area contributed by atoms with Gasteiger partial charge in [-0.3, -0.25) is 9.97 Å². The first-order valence-electron chi connectivity index (χ1n) is 5.82. The number of aryl methyl sites for hydroxylation is 1. The van der Waals surface area contributed by atoms with Gasteiger partial charge in [0.1, 0.15) is 0 Å². The fourth-order valence-corrected chi connectivity index (χ4v) is 1.89. The summed E-state index contributed by atoms with van der Waals surface area (Å²) in [4.78, 5) is 8.30. The van der Waals surface area contributed by atoms with Crippen LogP contribution in [0.2, 0.25) is 0 Å². The van der Waals surface area contributed by atoms with Gasteiger partial charge >= 0.3 is 0 Å². The van der Waals surface area contributed by atoms with E-state index in [2.05, 4.69) is 16.9 Å². The van der Waals surface area contributed by atoms with Crippen LogP contribution in [0.3, 0.4) is 0 Å².